The minimum atomic E-state index is -0.258. The standard InChI is InChI=1S/C22H16ClN3O3/c23-18-6-2-4-8-21(18)29-16-11-9-15(10-12-16)25-22(28)14-26-19-7-3-1-5-17(19)20(27)13-24-26/h1-13H,14H2,(H,25,28). The van der Waals surface area contributed by atoms with Gasteiger partial charge >= 0.3 is 0 Å². The van der Waals surface area contributed by atoms with Gasteiger partial charge in [-0.05, 0) is 48.5 Å². The van der Waals surface area contributed by atoms with E-state index in [4.69, 9.17) is 16.3 Å². The van der Waals surface area contributed by atoms with Gasteiger partial charge in [-0.1, -0.05) is 35.9 Å². The lowest BCUT2D eigenvalue weighted by Crippen LogP contribution is -2.22. The van der Waals surface area contributed by atoms with Crippen LogP contribution in [0.4, 0.5) is 5.69 Å². The summed E-state index contributed by atoms with van der Waals surface area (Å²) in [7, 11) is 0. The minimum Gasteiger partial charge on any atom is -0.456 e. The van der Waals surface area contributed by atoms with Crippen LogP contribution in [0.15, 0.2) is 83.8 Å². The summed E-state index contributed by atoms with van der Waals surface area (Å²) in [5.41, 5.74) is 1.05. The Balaban J connectivity index is 1.45. The molecule has 6 nitrogen and oxygen atoms in total. The first-order valence-electron chi connectivity index (χ1n) is 8.87. The van der Waals surface area contributed by atoms with Gasteiger partial charge in [-0.3, -0.25) is 14.3 Å². The molecule has 0 spiro atoms. The van der Waals surface area contributed by atoms with E-state index in [1.165, 1.54) is 10.9 Å². The maximum Gasteiger partial charge on any atom is 0.246 e. The number of halogens is 1. The number of amides is 1. The van der Waals surface area contributed by atoms with E-state index in [-0.39, 0.29) is 17.9 Å². The predicted molar refractivity (Wildman–Crippen MR) is 113 cm³/mol. The van der Waals surface area contributed by atoms with Crippen molar-refractivity contribution in [3.8, 4) is 11.5 Å². The van der Waals surface area contributed by atoms with Gasteiger partial charge in [0.2, 0.25) is 11.3 Å². The van der Waals surface area contributed by atoms with Crippen LogP contribution < -0.4 is 15.5 Å². The fourth-order valence-electron chi connectivity index (χ4n) is 2.88. The number of fused-ring (bicyclic) bond motifs is 1. The maximum absolute atomic E-state index is 12.4. The molecule has 1 heterocycles. The van der Waals surface area contributed by atoms with Crippen LogP contribution >= 0.6 is 11.6 Å². The SMILES string of the molecule is O=C(Cn1ncc(=O)c2ccccc21)Nc1ccc(Oc2ccccc2Cl)cc1. The third-order valence-corrected chi connectivity index (χ3v) is 4.57. The van der Waals surface area contributed by atoms with E-state index in [2.05, 4.69) is 10.4 Å². The van der Waals surface area contributed by atoms with Gasteiger partial charge in [-0.2, -0.15) is 5.10 Å². The Kier molecular flexibility index (Phi) is 5.27. The smallest absolute Gasteiger partial charge is 0.246 e. The molecule has 0 saturated carbocycles. The fourth-order valence-corrected chi connectivity index (χ4v) is 3.06. The molecule has 4 rings (SSSR count). The normalized spacial score (nSPS) is 10.7. The minimum absolute atomic E-state index is 0.0152. The van der Waals surface area contributed by atoms with Gasteiger partial charge in [0.25, 0.3) is 0 Å². The highest BCUT2D eigenvalue weighted by Crippen LogP contribution is 2.29. The second-order valence-corrected chi connectivity index (χ2v) is 6.70. The molecule has 0 aliphatic rings. The Hall–Kier alpha value is -3.64. The second kappa shape index (κ2) is 8.16. The molecule has 7 heteroatoms. The molecular weight excluding hydrogens is 390 g/mol. The lowest BCUT2D eigenvalue weighted by Gasteiger charge is -2.11. The van der Waals surface area contributed by atoms with Crippen molar-refractivity contribution in [2.45, 2.75) is 6.54 Å². The van der Waals surface area contributed by atoms with Crippen LogP contribution in [0.3, 0.4) is 0 Å². The topological polar surface area (TPSA) is 73.2 Å². The summed E-state index contributed by atoms with van der Waals surface area (Å²) < 4.78 is 7.24. The zero-order valence-corrected chi connectivity index (χ0v) is 16.0. The van der Waals surface area contributed by atoms with Crippen LogP contribution in [-0.4, -0.2) is 15.7 Å². The molecule has 0 aliphatic carbocycles. The van der Waals surface area contributed by atoms with Crippen molar-refractivity contribution in [2.24, 2.45) is 0 Å². The molecule has 0 saturated heterocycles. The molecule has 1 amide bonds. The van der Waals surface area contributed by atoms with Gasteiger partial charge in [-0.25, -0.2) is 0 Å². The summed E-state index contributed by atoms with van der Waals surface area (Å²) in [5, 5.41) is 7.92. The van der Waals surface area contributed by atoms with Crippen molar-refractivity contribution in [2.75, 3.05) is 5.32 Å². The Bertz CT molecular complexity index is 1240. The number of anilines is 1. The monoisotopic (exact) mass is 405 g/mol. The molecule has 29 heavy (non-hydrogen) atoms. The van der Waals surface area contributed by atoms with Gasteiger partial charge in [-0.15, -0.1) is 0 Å². The van der Waals surface area contributed by atoms with Gasteiger partial charge < -0.3 is 10.1 Å². The summed E-state index contributed by atoms with van der Waals surface area (Å²) in [6, 6.07) is 21.2. The Morgan fingerprint density at radius 1 is 1.00 bits per heavy atom. The summed E-state index contributed by atoms with van der Waals surface area (Å²) in [5.74, 6) is 0.900. The average Bonchev–Trinajstić information content (AvgIpc) is 2.73. The molecule has 0 fully saturated rings. The van der Waals surface area contributed by atoms with Crippen molar-refractivity contribution in [1.82, 2.24) is 9.78 Å². The molecule has 1 aromatic heterocycles. The number of benzene rings is 3. The zero-order valence-electron chi connectivity index (χ0n) is 15.2. The number of hydrogen-bond donors (Lipinski definition) is 1. The predicted octanol–water partition coefficient (Wildman–Crippen LogP) is 4.48. The van der Waals surface area contributed by atoms with Gasteiger partial charge in [0.05, 0.1) is 16.7 Å². The molecule has 1 N–H and O–H groups in total. The number of hydrogen-bond acceptors (Lipinski definition) is 4. The van der Waals surface area contributed by atoms with Crippen molar-refractivity contribution in [3.05, 3.63) is 94.2 Å². The first kappa shape index (κ1) is 18.7. The van der Waals surface area contributed by atoms with Crippen LogP contribution in [0.5, 0.6) is 11.5 Å². The van der Waals surface area contributed by atoms with Crippen LogP contribution in [0.2, 0.25) is 5.02 Å². The van der Waals surface area contributed by atoms with E-state index >= 15 is 0 Å². The summed E-state index contributed by atoms with van der Waals surface area (Å²) in [6.07, 6.45) is 1.22. The Labute approximate surface area is 171 Å². The molecule has 0 atom stereocenters. The number of nitrogens with one attached hydrogen (secondary N) is 1. The Morgan fingerprint density at radius 3 is 2.52 bits per heavy atom. The molecule has 0 unspecified atom stereocenters. The lowest BCUT2D eigenvalue weighted by atomic mass is 10.2. The van der Waals surface area contributed by atoms with E-state index in [9.17, 15) is 9.59 Å². The highest BCUT2D eigenvalue weighted by Gasteiger charge is 2.09. The largest absolute Gasteiger partial charge is 0.456 e. The highest BCUT2D eigenvalue weighted by molar-refractivity contribution is 6.32. The number of carbonyl (C=O) groups is 1. The van der Waals surface area contributed by atoms with Crippen molar-refractivity contribution in [3.63, 3.8) is 0 Å². The number of nitrogens with zero attached hydrogens (tertiary/aromatic N) is 2. The first-order valence-corrected chi connectivity index (χ1v) is 9.25. The van der Waals surface area contributed by atoms with E-state index in [0.717, 1.165) is 0 Å². The molecule has 4 aromatic rings. The molecule has 0 aliphatic heterocycles. The highest BCUT2D eigenvalue weighted by atomic mass is 35.5. The fraction of sp³-hybridized carbons (Fsp3) is 0.0455. The lowest BCUT2D eigenvalue weighted by molar-refractivity contribution is -0.116. The molecule has 3 aromatic carbocycles. The summed E-state index contributed by atoms with van der Waals surface area (Å²) in [6.45, 7) is -0.0152. The van der Waals surface area contributed by atoms with E-state index in [1.807, 2.05) is 12.1 Å². The van der Waals surface area contributed by atoms with Gasteiger partial charge in [0.1, 0.15) is 18.0 Å². The van der Waals surface area contributed by atoms with Crippen molar-refractivity contribution < 1.29 is 9.53 Å². The molecular formula is C22H16ClN3O3. The maximum atomic E-state index is 12.4. The van der Waals surface area contributed by atoms with Crippen LogP contribution in [0, 0.1) is 0 Å². The number of carbonyl (C=O) groups excluding carboxylic acids is 1. The van der Waals surface area contributed by atoms with Crippen molar-refractivity contribution >= 4 is 34.1 Å². The quantitative estimate of drug-likeness (QED) is 0.531. The molecule has 0 bridgehead atoms. The van der Waals surface area contributed by atoms with E-state index in [0.29, 0.717) is 33.1 Å². The second-order valence-electron chi connectivity index (χ2n) is 6.29. The molecule has 144 valence electrons. The molecule has 0 radical (unpaired) electrons. The van der Waals surface area contributed by atoms with Crippen LogP contribution in [-0.2, 0) is 11.3 Å². The zero-order chi connectivity index (χ0) is 20.2. The number of ether oxygens (including phenoxy) is 1. The number of rotatable bonds is 5. The van der Waals surface area contributed by atoms with Crippen LogP contribution in [0.1, 0.15) is 0 Å². The first-order chi connectivity index (χ1) is 14.1. The van der Waals surface area contributed by atoms with Crippen molar-refractivity contribution in [1.29, 1.82) is 0 Å². The number of para-hydroxylation sites is 2. The van der Waals surface area contributed by atoms with Gasteiger partial charge in [0, 0.05) is 11.1 Å². The average molecular weight is 406 g/mol. The summed E-state index contributed by atoms with van der Waals surface area (Å²) >= 11 is 6.09. The third-order valence-electron chi connectivity index (χ3n) is 4.26. The van der Waals surface area contributed by atoms with Gasteiger partial charge in [0.15, 0.2) is 0 Å². The Morgan fingerprint density at radius 2 is 1.72 bits per heavy atom. The van der Waals surface area contributed by atoms with E-state index in [1.54, 1.807) is 60.7 Å². The van der Waals surface area contributed by atoms with E-state index < -0.39 is 0 Å². The third kappa shape index (κ3) is 4.28. The summed E-state index contributed by atoms with van der Waals surface area (Å²) in [4.78, 5) is 24.3. The number of aromatic nitrogens is 2. The van der Waals surface area contributed by atoms with Crippen LogP contribution in [0.25, 0.3) is 10.9 Å².